The predicted octanol–water partition coefficient (Wildman–Crippen LogP) is 2.18. The number of carbonyl (C=O) groups excluding carboxylic acids is 2. The SMILES string of the molecule is CC1CCC(C)N1C(=O)C(=O)Nc1cncc(Br)c1. The summed E-state index contributed by atoms with van der Waals surface area (Å²) >= 11 is 3.27. The normalized spacial score (nSPS) is 22.4. The minimum Gasteiger partial charge on any atom is -0.329 e. The molecule has 102 valence electrons. The van der Waals surface area contributed by atoms with Crippen LogP contribution in [0.15, 0.2) is 22.9 Å². The minimum atomic E-state index is -0.611. The molecule has 1 aromatic heterocycles. The third-order valence-corrected chi connectivity index (χ3v) is 3.78. The summed E-state index contributed by atoms with van der Waals surface area (Å²) in [4.78, 5) is 29.7. The van der Waals surface area contributed by atoms with Crippen molar-refractivity contribution in [1.82, 2.24) is 9.88 Å². The van der Waals surface area contributed by atoms with Gasteiger partial charge in [0, 0.05) is 22.8 Å². The van der Waals surface area contributed by atoms with E-state index in [0.29, 0.717) is 5.69 Å². The molecule has 1 N–H and O–H groups in total. The van der Waals surface area contributed by atoms with Gasteiger partial charge in [0.15, 0.2) is 0 Å². The molecule has 0 aromatic carbocycles. The molecule has 2 rings (SSSR count). The van der Waals surface area contributed by atoms with Crippen molar-refractivity contribution >= 4 is 33.4 Å². The third-order valence-electron chi connectivity index (χ3n) is 3.34. The van der Waals surface area contributed by atoms with Gasteiger partial charge in [-0.15, -0.1) is 0 Å². The summed E-state index contributed by atoms with van der Waals surface area (Å²) in [5.74, 6) is -1.09. The molecule has 0 spiro atoms. The van der Waals surface area contributed by atoms with Crippen LogP contribution in [0.3, 0.4) is 0 Å². The van der Waals surface area contributed by atoms with Crippen LogP contribution in [-0.4, -0.2) is 33.8 Å². The van der Waals surface area contributed by atoms with Gasteiger partial charge in [-0.1, -0.05) is 0 Å². The van der Waals surface area contributed by atoms with E-state index in [4.69, 9.17) is 0 Å². The van der Waals surface area contributed by atoms with Gasteiger partial charge in [-0.25, -0.2) is 0 Å². The number of hydrogen-bond donors (Lipinski definition) is 1. The Morgan fingerprint density at radius 3 is 2.53 bits per heavy atom. The van der Waals surface area contributed by atoms with E-state index >= 15 is 0 Å². The minimum absolute atomic E-state index is 0.119. The molecule has 6 heteroatoms. The van der Waals surface area contributed by atoms with Crippen molar-refractivity contribution in [3.05, 3.63) is 22.9 Å². The Labute approximate surface area is 120 Å². The number of likely N-dealkylation sites (tertiary alicyclic amines) is 1. The van der Waals surface area contributed by atoms with Crippen LogP contribution in [0.25, 0.3) is 0 Å². The first-order valence-electron chi connectivity index (χ1n) is 6.23. The third kappa shape index (κ3) is 3.12. The average Bonchev–Trinajstić information content (AvgIpc) is 2.68. The Morgan fingerprint density at radius 1 is 1.32 bits per heavy atom. The van der Waals surface area contributed by atoms with E-state index in [9.17, 15) is 9.59 Å². The van der Waals surface area contributed by atoms with Gasteiger partial charge in [0.05, 0.1) is 11.9 Å². The summed E-state index contributed by atoms with van der Waals surface area (Å²) in [5.41, 5.74) is 0.507. The average molecular weight is 326 g/mol. The lowest BCUT2D eigenvalue weighted by Crippen LogP contribution is -2.44. The molecule has 19 heavy (non-hydrogen) atoms. The zero-order chi connectivity index (χ0) is 14.0. The van der Waals surface area contributed by atoms with E-state index < -0.39 is 11.8 Å². The fourth-order valence-electron chi connectivity index (χ4n) is 2.38. The number of aromatic nitrogens is 1. The number of nitrogens with one attached hydrogen (secondary N) is 1. The molecule has 1 aromatic rings. The number of carbonyl (C=O) groups is 2. The van der Waals surface area contributed by atoms with Gasteiger partial charge in [0.1, 0.15) is 0 Å². The Morgan fingerprint density at radius 2 is 1.95 bits per heavy atom. The quantitative estimate of drug-likeness (QED) is 0.805. The molecular formula is C13H16BrN3O2. The molecule has 1 aliphatic heterocycles. The molecule has 2 heterocycles. The van der Waals surface area contributed by atoms with E-state index in [0.717, 1.165) is 17.3 Å². The second-order valence-electron chi connectivity index (χ2n) is 4.83. The topological polar surface area (TPSA) is 62.3 Å². The summed E-state index contributed by atoms with van der Waals surface area (Å²) in [5, 5.41) is 2.58. The van der Waals surface area contributed by atoms with Gasteiger partial charge in [-0.3, -0.25) is 14.6 Å². The number of amides is 2. The van der Waals surface area contributed by atoms with Crippen molar-refractivity contribution in [1.29, 1.82) is 0 Å². The summed E-state index contributed by atoms with van der Waals surface area (Å²) in [6.45, 7) is 3.94. The highest BCUT2D eigenvalue weighted by Gasteiger charge is 2.34. The van der Waals surface area contributed by atoms with Gasteiger partial charge >= 0.3 is 11.8 Å². The van der Waals surface area contributed by atoms with Crippen LogP contribution in [0, 0.1) is 0 Å². The zero-order valence-corrected chi connectivity index (χ0v) is 12.5. The maximum atomic E-state index is 12.1. The number of anilines is 1. The molecule has 5 nitrogen and oxygen atoms in total. The lowest BCUT2D eigenvalue weighted by Gasteiger charge is -2.25. The molecule has 2 unspecified atom stereocenters. The van der Waals surface area contributed by atoms with Crippen molar-refractivity contribution < 1.29 is 9.59 Å². The van der Waals surface area contributed by atoms with Gasteiger partial charge in [0.2, 0.25) is 0 Å². The van der Waals surface area contributed by atoms with Crippen LogP contribution in [0.5, 0.6) is 0 Å². The first kappa shape index (κ1) is 14.0. The lowest BCUT2D eigenvalue weighted by atomic mass is 10.2. The van der Waals surface area contributed by atoms with Gasteiger partial charge in [-0.05, 0) is 48.7 Å². The molecule has 0 radical (unpaired) electrons. The molecule has 2 atom stereocenters. The number of rotatable bonds is 1. The molecule has 0 saturated carbocycles. The Bertz CT molecular complexity index is 496. The Balaban J connectivity index is 2.06. The van der Waals surface area contributed by atoms with E-state index in [1.807, 2.05) is 13.8 Å². The van der Waals surface area contributed by atoms with Gasteiger partial charge < -0.3 is 10.2 Å². The molecule has 2 amide bonds. The molecular weight excluding hydrogens is 310 g/mol. The molecule has 1 aliphatic rings. The highest BCUT2D eigenvalue weighted by molar-refractivity contribution is 9.10. The maximum absolute atomic E-state index is 12.1. The fourth-order valence-corrected chi connectivity index (χ4v) is 2.74. The fraction of sp³-hybridized carbons (Fsp3) is 0.462. The molecule has 0 bridgehead atoms. The standard InChI is InChI=1S/C13H16BrN3O2/c1-8-3-4-9(2)17(8)13(19)12(18)16-11-5-10(14)6-15-7-11/h5-9H,3-4H2,1-2H3,(H,16,18). The number of hydrogen-bond acceptors (Lipinski definition) is 3. The van der Waals surface area contributed by atoms with Crippen molar-refractivity contribution in [2.24, 2.45) is 0 Å². The summed E-state index contributed by atoms with van der Waals surface area (Å²) in [6, 6.07) is 1.94. The zero-order valence-electron chi connectivity index (χ0n) is 10.9. The predicted molar refractivity (Wildman–Crippen MR) is 75.6 cm³/mol. The van der Waals surface area contributed by atoms with Crippen LogP contribution < -0.4 is 5.32 Å². The Kier molecular flexibility index (Phi) is 4.19. The van der Waals surface area contributed by atoms with E-state index in [1.165, 1.54) is 6.20 Å². The first-order chi connectivity index (χ1) is 8.99. The van der Waals surface area contributed by atoms with Crippen LogP contribution in [0.1, 0.15) is 26.7 Å². The van der Waals surface area contributed by atoms with E-state index in [1.54, 1.807) is 17.2 Å². The summed E-state index contributed by atoms with van der Waals surface area (Å²) in [7, 11) is 0. The van der Waals surface area contributed by atoms with Crippen LogP contribution in [0.2, 0.25) is 0 Å². The summed E-state index contributed by atoms with van der Waals surface area (Å²) < 4.78 is 0.751. The molecule has 1 fully saturated rings. The van der Waals surface area contributed by atoms with Crippen molar-refractivity contribution in [3.63, 3.8) is 0 Å². The maximum Gasteiger partial charge on any atom is 0.313 e. The Hall–Kier alpha value is -1.43. The van der Waals surface area contributed by atoms with Crippen LogP contribution >= 0.6 is 15.9 Å². The number of nitrogens with zero attached hydrogens (tertiary/aromatic N) is 2. The number of pyridine rings is 1. The highest BCUT2D eigenvalue weighted by Crippen LogP contribution is 2.23. The van der Waals surface area contributed by atoms with Crippen LogP contribution in [0.4, 0.5) is 5.69 Å². The molecule has 0 aliphatic carbocycles. The van der Waals surface area contributed by atoms with E-state index in [2.05, 4.69) is 26.2 Å². The largest absolute Gasteiger partial charge is 0.329 e. The highest BCUT2D eigenvalue weighted by atomic mass is 79.9. The smallest absolute Gasteiger partial charge is 0.313 e. The first-order valence-corrected chi connectivity index (χ1v) is 7.02. The van der Waals surface area contributed by atoms with Gasteiger partial charge in [-0.2, -0.15) is 0 Å². The molecule has 1 saturated heterocycles. The lowest BCUT2D eigenvalue weighted by molar-refractivity contribution is -0.144. The van der Waals surface area contributed by atoms with E-state index in [-0.39, 0.29) is 12.1 Å². The second-order valence-corrected chi connectivity index (χ2v) is 5.75. The summed E-state index contributed by atoms with van der Waals surface area (Å²) in [6.07, 6.45) is 5.01. The van der Waals surface area contributed by atoms with Crippen molar-refractivity contribution in [3.8, 4) is 0 Å². The number of halogens is 1. The van der Waals surface area contributed by atoms with Crippen molar-refractivity contribution in [2.75, 3.05) is 5.32 Å². The second kappa shape index (κ2) is 5.69. The van der Waals surface area contributed by atoms with Crippen LogP contribution in [-0.2, 0) is 9.59 Å². The van der Waals surface area contributed by atoms with Crippen molar-refractivity contribution in [2.45, 2.75) is 38.8 Å². The monoisotopic (exact) mass is 325 g/mol. The van der Waals surface area contributed by atoms with Gasteiger partial charge in [0.25, 0.3) is 0 Å².